The molecule has 6 heteroatoms. The lowest BCUT2D eigenvalue weighted by Gasteiger charge is -2.33. The Balaban J connectivity index is 2.87. The number of rotatable bonds is 8. The van der Waals surface area contributed by atoms with Gasteiger partial charge < -0.3 is 19.7 Å². The minimum atomic E-state index is -0.929. The van der Waals surface area contributed by atoms with Crippen LogP contribution in [0.25, 0.3) is 0 Å². The van der Waals surface area contributed by atoms with E-state index in [1.807, 2.05) is 33.8 Å². The molecule has 0 fully saturated rings. The molecule has 1 aromatic carbocycles. The van der Waals surface area contributed by atoms with Gasteiger partial charge in [0.2, 0.25) is 0 Å². The second-order valence-electron chi connectivity index (χ2n) is 8.02. The number of carbonyl (C=O) groups excluding carboxylic acids is 1. The topological polar surface area (TPSA) is 93.1 Å². The highest BCUT2D eigenvalue weighted by molar-refractivity contribution is 6.05. The summed E-state index contributed by atoms with van der Waals surface area (Å²) in [5, 5.41) is 20.5. The predicted octanol–water partition coefficient (Wildman–Crippen LogP) is 4.87. The van der Waals surface area contributed by atoms with E-state index in [0.717, 1.165) is 12.0 Å². The first kappa shape index (κ1) is 22.8. The Morgan fingerprint density at radius 2 is 1.97 bits per heavy atom. The van der Waals surface area contributed by atoms with Crippen LogP contribution in [-0.4, -0.2) is 35.2 Å². The minimum absolute atomic E-state index is 0.106. The fourth-order valence-electron chi connectivity index (χ4n) is 3.85. The number of aromatic hydroxyl groups is 1. The van der Waals surface area contributed by atoms with E-state index in [2.05, 4.69) is 0 Å². The van der Waals surface area contributed by atoms with Crippen LogP contribution in [0, 0.1) is 5.92 Å². The number of methoxy groups -OCH3 is 1. The van der Waals surface area contributed by atoms with Crippen LogP contribution < -0.4 is 9.47 Å². The number of phenols is 1. The molecule has 2 N–H and O–H groups in total. The number of hydrogen-bond donors (Lipinski definition) is 2. The first-order valence-corrected chi connectivity index (χ1v) is 10.2. The maximum atomic E-state index is 13.1. The van der Waals surface area contributed by atoms with Crippen LogP contribution in [0.4, 0.5) is 0 Å². The third-order valence-electron chi connectivity index (χ3n) is 5.57. The summed E-state index contributed by atoms with van der Waals surface area (Å²) in [6, 6.07) is 0. The number of carboxylic acid groups (broad SMARTS) is 1. The van der Waals surface area contributed by atoms with E-state index in [4.69, 9.17) is 9.47 Å². The Bertz CT molecular complexity index is 819. The Labute approximate surface area is 172 Å². The number of carbonyl (C=O) groups is 2. The highest BCUT2D eigenvalue weighted by atomic mass is 16.5. The Morgan fingerprint density at radius 3 is 2.48 bits per heavy atom. The van der Waals surface area contributed by atoms with Gasteiger partial charge in [0, 0.05) is 17.0 Å². The zero-order valence-electron chi connectivity index (χ0n) is 18.2. The molecule has 1 aromatic rings. The molecule has 0 bridgehead atoms. The minimum Gasteiger partial charge on any atom is -0.507 e. The average molecular weight is 405 g/mol. The van der Waals surface area contributed by atoms with Gasteiger partial charge >= 0.3 is 5.97 Å². The van der Waals surface area contributed by atoms with Gasteiger partial charge in [0.25, 0.3) is 0 Å². The van der Waals surface area contributed by atoms with Gasteiger partial charge in [0.1, 0.15) is 28.9 Å². The van der Waals surface area contributed by atoms with Crippen molar-refractivity contribution in [1.82, 2.24) is 0 Å². The van der Waals surface area contributed by atoms with Crippen molar-refractivity contribution in [2.75, 3.05) is 7.11 Å². The molecule has 160 valence electrons. The molecule has 29 heavy (non-hydrogen) atoms. The molecule has 1 heterocycles. The van der Waals surface area contributed by atoms with Crippen LogP contribution in [0.3, 0.4) is 0 Å². The SMILES string of the molecule is CCC[C@H](CC(=O)O)c1c(OC)c(CC=C(C)C)c(O)c2c1O[C@@H](C)[C@@H](C)C2=O. The fraction of sp³-hybridized carbons (Fsp3) is 0.565. The molecule has 0 spiro atoms. The molecule has 1 aliphatic heterocycles. The Morgan fingerprint density at radius 1 is 1.31 bits per heavy atom. The molecule has 0 radical (unpaired) electrons. The highest BCUT2D eigenvalue weighted by Crippen LogP contribution is 2.51. The van der Waals surface area contributed by atoms with E-state index in [-0.39, 0.29) is 41.3 Å². The van der Waals surface area contributed by atoms with Gasteiger partial charge in [-0.15, -0.1) is 0 Å². The maximum absolute atomic E-state index is 13.1. The van der Waals surface area contributed by atoms with Crippen molar-refractivity contribution in [3.05, 3.63) is 28.3 Å². The summed E-state index contributed by atoms with van der Waals surface area (Å²) in [7, 11) is 1.50. The first-order valence-electron chi connectivity index (χ1n) is 10.2. The monoisotopic (exact) mass is 404 g/mol. The molecular formula is C23H32O6. The number of phenolic OH excluding ortho intramolecular Hbond substituents is 1. The van der Waals surface area contributed by atoms with Gasteiger partial charge in [-0.05, 0) is 33.6 Å². The molecule has 2 rings (SSSR count). The molecule has 0 amide bonds. The number of benzene rings is 1. The van der Waals surface area contributed by atoms with Crippen molar-refractivity contribution in [3.8, 4) is 17.2 Å². The first-order chi connectivity index (χ1) is 13.6. The molecule has 1 aliphatic rings. The van der Waals surface area contributed by atoms with E-state index in [0.29, 0.717) is 29.7 Å². The molecule has 0 aliphatic carbocycles. The number of ether oxygens (including phenoxy) is 2. The lowest BCUT2D eigenvalue weighted by atomic mass is 9.81. The zero-order valence-corrected chi connectivity index (χ0v) is 18.2. The number of aliphatic carboxylic acids is 1. The van der Waals surface area contributed by atoms with Gasteiger partial charge in [-0.25, -0.2) is 0 Å². The summed E-state index contributed by atoms with van der Waals surface area (Å²) in [5.74, 6) is -1.36. The molecular weight excluding hydrogens is 372 g/mol. The van der Waals surface area contributed by atoms with Crippen LogP contribution in [0.15, 0.2) is 11.6 Å². The lowest BCUT2D eigenvalue weighted by Crippen LogP contribution is -2.35. The lowest BCUT2D eigenvalue weighted by molar-refractivity contribution is -0.137. The van der Waals surface area contributed by atoms with Gasteiger partial charge in [0.05, 0.1) is 19.4 Å². The number of carboxylic acids is 1. The zero-order chi connectivity index (χ0) is 21.9. The summed E-state index contributed by atoms with van der Waals surface area (Å²) in [4.78, 5) is 24.6. The highest BCUT2D eigenvalue weighted by Gasteiger charge is 2.40. The standard InChI is InChI=1S/C23H32O6/c1-7-8-15(11-17(24)25)18-22(28-6)16(10-9-12(2)3)21(27)19-20(26)13(4)14(5)29-23(18)19/h9,13-15,27H,7-8,10-11H2,1-6H3,(H,24,25)/t13-,14+,15-/m1/s1. The van der Waals surface area contributed by atoms with Crippen LogP contribution in [-0.2, 0) is 11.2 Å². The van der Waals surface area contributed by atoms with Crippen LogP contribution in [0.5, 0.6) is 17.2 Å². The Hall–Kier alpha value is -2.50. The van der Waals surface area contributed by atoms with Crippen molar-refractivity contribution in [3.63, 3.8) is 0 Å². The van der Waals surface area contributed by atoms with Crippen molar-refractivity contribution < 1.29 is 29.3 Å². The molecule has 6 nitrogen and oxygen atoms in total. The number of Topliss-reactive ketones (excluding diaryl/α,β-unsaturated/α-hetero) is 1. The van der Waals surface area contributed by atoms with Gasteiger partial charge in [-0.2, -0.15) is 0 Å². The summed E-state index contributed by atoms with van der Waals surface area (Å²) in [6.07, 6.45) is 3.20. The third-order valence-corrected chi connectivity index (χ3v) is 5.57. The van der Waals surface area contributed by atoms with Crippen molar-refractivity contribution in [2.24, 2.45) is 5.92 Å². The van der Waals surface area contributed by atoms with Gasteiger partial charge in [0.15, 0.2) is 5.78 Å². The van der Waals surface area contributed by atoms with Crippen LogP contribution in [0.2, 0.25) is 0 Å². The van der Waals surface area contributed by atoms with Crippen LogP contribution in [0.1, 0.15) is 81.3 Å². The van der Waals surface area contributed by atoms with Gasteiger partial charge in [-0.3, -0.25) is 9.59 Å². The van der Waals surface area contributed by atoms with E-state index in [1.165, 1.54) is 7.11 Å². The van der Waals surface area contributed by atoms with E-state index in [1.54, 1.807) is 6.92 Å². The smallest absolute Gasteiger partial charge is 0.303 e. The molecule has 0 unspecified atom stereocenters. The summed E-state index contributed by atoms with van der Waals surface area (Å²) >= 11 is 0. The quantitative estimate of drug-likeness (QED) is 0.601. The summed E-state index contributed by atoms with van der Waals surface area (Å²) in [6.45, 7) is 9.46. The molecule has 0 saturated heterocycles. The summed E-state index contributed by atoms with van der Waals surface area (Å²) < 4.78 is 11.8. The molecule has 0 saturated carbocycles. The summed E-state index contributed by atoms with van der Waals surface area (Å²) in [5.41, 5.74) is 2.28. The van der Waals surface area contributed by atoms with Crippen molar-refractivity contribution in [2.45, 2.75) is 72.3 Å². The van der Waals surface area contributed by atoms with Crippen molar-refractivity contribution in [1.29, 1.82) is 0 Å². The number of hydrogen-bond acceptors (Lipinski definition) is 5. The fourth-order valence-corrected chi connectivity index (χ4v) is 3.85. The average Bonchev–Trinajstić information content (AvgIpc) is 2.63. The van der Waals surface area contributed by atoms with Gasteiger partial charge in [-0.1, -0.05) is 31.9 Å². The third kappa shape index (κ3) is 4.57. The number of fused-ring (bicyclic) bond motifs is 1. The van der Waals surface area contributed by atoms with Crippen LogP contribution >= 0.6 is 0 Å². The largest absolute Gasteiger partial charge is 0.507 e. The predicted molar refractivity (Wildman–Crippen MR) is 111 cm³/mol. The normalized spacial score (nSPS) is 19.2. The second kappa shape index (κ2) is 9.33. The molecule has 3 atom stereocenters. The van der Waals surface area contributed by atoms with E-state index in [9.17, 15) is 19.8 Å². The number of allylic oxidation sites excluding steroid dienone is 2. The van der Waals surface area contributed by atoms with E-state index < -0.39 is 11.9 Å². The Kier molecular flexibility index (Phi) is 7.33. The van der Waals surface area contributed by atoms with Crippen molar-refractivity contribution >= 4 is 11.8 Å². The second-order valence-corrected chi connectivity index (χ2v) is 8.02. The maximum Gasteiger partial charge on any atom is 0.303 e. The van der Waals surface area contributed by atoms with E-state index >= 15 is 0 Å². The number of ketones is 1. The molecule has 0 aromatic heterocycles.